The number of carbonyl (C=O) groups is 1. The van der Waals surface area contributed by atoms with Gasteiger partial charge in [-0.1, -0.05) is 53.1 Å². The van der Waals surface area contributed by atoms with Gasteiger partial charge < -0.3 is 18.3 Å². The minimum absolute atomic E-state index is 0.0439. The van der Waals surface area contributed by atoms with E-state index in [2.05, 4.69) is 64.3 Å². The van der Waals surface area contributed by atoms with Crippen LogP contribution in [0.3, 0.4) is 0 Å². The SMILES string of the molecule is Cn1nc(C[C@@H](B2OC3[C@@H]4C[C@H](C[C@]3(C)O2)C4(C)C)N([Si](C)(C)C)[Si](C)(C)C)cc1C(=O)OC(C)(C)C. The van der Waals surface area contributed by atoms with E-state index in [0.717, 1.165) is 12.1 Å². The van der Waals surface area contributed by atoms with Crippen LogP contribution in [0.15, 0.2) is 6.07 Å². The van der Waals surface area contributed by atoms with Crippen molar-refractivity contribution in [3.63, 3.8) is 0 Å². The van der Waals surface area contributed by atoms with Crippen LogP contribution in [0, 0.1) is 17.3 Å². The molecule has 10 heteroatoms. The zero-order valence-electron chi connectivity index (χ0n) is 25.6. The van der Waals surface area contributed by atoms with Crippen molar-refractivity contribution in [2.75, 3.05) is 0 Å². The van der Waals surface area contributed by atoms with Gasteiger partial charge in [0.05, 0.1) is 17.4 Å². The third-order valence-corrected chi connectivity index (χ3v) is 16.5. The van der Waals surface area contributed by atoms with Crippen LogP contribution in [-0.4, -0.2) is 66.8 Å². The van der Waals surface area contributed by atoms with Crippen molar-refractivity contribution < 1.29 is 18.8 Å². The predicted molar refractivity (Wildman–Crippen MR) is 155 cm³/mol. The van der Waals surface area contributed by atoms with Gasteiger partial charge in [0.25, 0.3) is 0 Å². The Morgan fingerprint density at radius 3 is 2.32 bits per heavy atom. The molecule has 1 aromatic heterocycles. The van der Waals surface area contributed by atoms with Crippen molar-refractivity contribution in [1.82, 2.24) is 14.0 Å². The Kier molecular flexibility index (Phi) is 7.10. The fourth-order valence-electron chi connectivity index (χ4n) is 7.58. The average Bonchev–Trinajstić information content (AvgIpc) is 3.22. The highest BCUT2D eigenvalue weighted by molar-refractivity contribution is 6.90. The van der Waals surface area contributed by atoms with Crippen LogP contribution >= 0.6 is 0 Å². The number of ether oxygens (including phenoxy) is 1. The lowest BCUT2D eigenvalue weighted by Gasteiger charge is -2.63. The van der Waals surface area contributed by atoms with E-state index in [1.807, 2.05) is 33.9 Å². The van der Waals surface area contributed by atoms with E-state index in [4.69, 9.17) is 19.1 Å². The minimum Gasteiger partial charge on any atom is -0.455 e. The molecule has 1 saturated heterocycles. The summed E-state index contributed by atoms with van der Waals surface area (Å²) in [7, 11) is -2.02. The molecule has 2 heterocycles. The monoisotopic (exact) mass is 547 g/mol. The molecule has 0 amide bonds. The molecule has 1 unspecified atom stereocenters. The number of aromatic nitrogens is 2. The van der Waals surface area contributed by atoms with Crippen LogP contribution in [0.4, 0.5) is 0 Å². The van der Waals surface area contributed by atoms with E-state index in [1.165, 1.54) is 6.42 Å². The number of hydrogen-bond acceptors (Lipinski definition) is 6. The highest BCUT2D eigenvalue weighted by Crippen LogP contribution is 2.64. The largest absolute Gasteiger partial charge is 0.475 e. The van der Waals surface area contributed by atoms with Crippen molar-refractivity contribution in [3.8, 4) is 0 Å². The van der Waals surface area contributed by atoms with Crippen LogP contribution < -0.4 is 0 Å². The number of hydrogen-bond donors (Lipinski definition) is 0. The second kappa shape index (κ2) is 9.04. The van der Waals surface area contributed by atoms with E-state index in [-0.39, 0.29) is 30.7 Å². The molecule has 1 aliphatic heterocycles. The molecule has 3 saturated carbocycles. The molecule has 37 heavy (non-hydrogen) atoms. The fraction of sp³-hybridized carbons (Fsp3) is 0.852. The highest BCUT2D eigenvalue weighted by Gasteiger charge is 2.68. The Hall–Kier alpha value is -0.941. The summed E-state index contributed by atoms with van der Waals surface area (Å²) in [5.74, 6) is 0.952. The van der Waals surface area contributed by atoms with Gasteiger partial charge in [0.15, 0.2) is 0 Å². The Labute approximate surface area is 227 Å². The van der Waals surface area contributed by atoms with Gasteiger partial charge in [-0.05, 0) is 63.9 Å². The van der Waals surface area contributed by atoms with E-state index < -0.39 is 22.1 Å². The molecule has 0 aromatic carbocycles. The molecule has 1 aromatic rings. The predicted octanol–water partition coefficient (Wildman–Crippen LogP) is 5.53. The molecule has 208 valence electrons. The molecule has 4 fully saturated rings. The first kappa shape index (κ1) is 29.1. The zero-order chi connectivity index (χ0) is 27.9. The van der Waals surface area contributed by atoms with E-state index >= 15 is 0 Å². The van der Waals surface area contributed by atoms with Gasteiger partial charge in [0.2, 0.25) is 0 Å². The van der Waals surface area contributed by atoms with Crippen LogP contribution in [0.5, 0.6) is 0 Å². The summed E-state index contributed by atoms with van der Waals surface area (Å²) in [6, 6.07) is 1.90. The lowest BCUT2D eigenvalue weighted by molar-refractivity contribution is -0.185. The normalized spacial score (nSPS) is 30.2. The molecule has 4 aliphatic rings. The molecule has 7 nitrogen and oxygen atoms in total. The van der Waals surface area contributed by atoms with Gasteiger partial charge in [0, 0.05) is 19.4 Å². The van der Waals surface area contributed by atoms with Gasteiger partial charge in [-0.2, -0.15) is 5.10 Å². The fourth-order valence-corrected chi connectivity index (χ4v) is 18.0. The van der Waals surface area contributed by atoms with Crippen LogP contribution in [0.1, 0.15) is 70.6 Å². The molecule has 0 radical (unpaired) electrons. The number of carbonyl (C=O) groups excluding carboxylic acids is 1. The summed E-state index contributed by atoms with van der Waals surface area (Å²) in [4.78, 5) is 12.9. The van der Waals surface area contributed by atoms with Crippen LogP contribution in [0.2, 0.25) is 39.3 Å². The molecular weight excluding hydrogens is 497 g/mol. The summed E-state index contributed by atoms with van der Waals surface area (Å²) >= 11 is 0. The van der Waals surface area contributed by atoms with E-state index in [0.29, 0.717) is 29.4 Å². The molecule has 0 spiro atoms. The minimum atomic E-state index is -1.77. The van der Waals surface area contributed by atoms with Gasteiger partial charge in [-0.3, -0.25) is 4.68 Å². The van der Waals surface area contributed by atoms with E-state index in [9.17, 15) is 4.79 Å². The molecule has 5 rings (SSSR count). The molecule has 0 N–H and O–H groups in total. The summed E-state index contributed by atoms with van der Waals surface area (Å²) in [5, 5.41) is 4.78. The number of esters is 1. The Bertz CT molecular complexity index is 1030. The Morgan fingerprint density at radius 1 is 1.22 bits per heavy atom. The van der Waals surface area contributed by atoms with Crippen LogP contribution in [0.25, 0.3) is 0 Å². The first-order valence-corrected chi connectivity index (χ1v) is 20.9. The van der Waals surface area contributed by atoms with Crippen molar-refractivity contribution in [2.24, 2.45) is 24.3 Å². The zero-order valence-corrected chi connectivity index (χ0v) is 27.6. The van der Waals surface area contributed by atoms with E-state index in [1.54, 1.807) is 4.68 Å². The van der Waals surface area contributed by atoms with Crippen molar-refractivity contribution >= 4 is 29.6 Å². The maximum absolute atomic E-state index is 12.9. The Balaban J connectivity index is 1.68. The standard InChI is InChI=1S/C27H50BN3O4Si2/c1-25(2,3)33-24(32)21-15-19(29-30(21)7)16-22(31(36(8,9)10)37(11,12)13)28-34-23-20-14-18(26(20,4)5)17-27(23,6)35-28/h15,18,20,22-23H,14,16-17H2,1-13H3/t18-,20+,22+,23?,27+/m1/s1. The summed E-state index contributed by atoms with van der Waals surface area (Å²) < 4.78 is 24.0. The molecule has 5 atom stereocenters. The summed E-state index contributed by atoms with van der Waals surface area (Å²) in [6.07, 6.45) is 3.12. The van der Waals surface area contributed by atoms with Gasteiger partial charge in [-0.25, -0.2) is 4.79 Å². The molecule has 2 bridgehead atoms. The second-order valence-electron chi connectivity index (χ2n) is 15.5. The maximum atomic E-state index is 12.9. The lowest BCUT2D eigenvalue weighted by atomic mass is 9.45. The quantitative estimate of drug-likeness (QED) is 0.331. The first-order valence-electron chi connectivity index (χ1n) is 14.0. The molecule has 3 aliphatic carbocycles. The van der Waals surface area contributed by atoms with Crippen molar-refractivity contribution in [2.45, 2.75) is 123 Å². The highest BCUT2D eigenvalue weighted by atomic mass is 28.4. The average molecular weight is 548 g/mol. The van der Waals surface area contributed by atoms with Gasteiger partial charge in [0.1, 0.15) is 27.8 Å². The van der Waals surface area contributed by atoms with Gasteiger partial charge >= 0.3 is 13.1 Å². The maximum Gasteiger partial charge on any atom is 0.475 e. The lowest BCUT2D eigenvalue weighted by Crippen LogP contribution is -2.67. The van der Waals surface area contributed by atoms with Gasteiger partial charge in [-0.15, -0.1) is 0 Å². The smallest absolute Gasteiger partial charge is 0.455 e. The van der Waals surface area contributed by atoms with Crippen molar-refractivity contribution in [3.05, 3.63) is 17.5 Å². The topological polar surface area (TPSA) is 65.8 Å². The summed E-state index contributed by atoms with van der Waals surface area (Å²) in [6.45, 7) is 27.3. The number of rotatable bonds is 7. The second-order valence-corrected chi connectivity index (χ2v) is 25.6. The molecular formula is C27H50BN3O4Si2. The first-order chi connectivity index (χ1) is 16.6. The van der Waals surface area contributed by atoms with Crippen LogP contribution in [-0.2, 0) is 27.5 Å². The third-order valence-electron chi connectivity index (χ3n) is 8.88. The summed E-state index contributed by atoms with van der Waals surface area (Å²) in [5.41, 5.74) is 0.891. The third kappa shape index (κ3) is 5.42. The Morgan fingerprint density at radius 2 is 1.81 bits per heavy atom. The van der Waals surface area contributed by atoms with Crippen molar-refractivity contribution in [1.29, 1.82) is 0 Å². The number of aryl methyl sites for hydroxylation is 1. The number of nitrogens with zero attached hydrogens (tertiary/aromatic N) is 3.